The van der Waals surface area contributed by atoms with E-state index in [1.54, 1.807) is 11.3 Å². The fraction of sp³-hybridized carbons (Fsp3) is 0.333. The molecule has 1 aromatic heterocycles. The fourth-order valence-corrected chi connectivity index (χ4v) is 3.52. The Morgan fingerprint density at radius 1 is 1.37 bits per heavy atom. The van der Waals surface area contributed by atoms with E-state index in [1.165, 1.54) is 16.0 Å². The largest absolute Gasteiger partial charge is 0.306 e. The molecule has 19 heavy (non-hydrogen) atoms. The highest BCUT2D eigenvalue weighted by molar-refractivity contribution is 9.10. The second kappa shape index (κ2) is 6.89. The predicted octanol–water partition coefficient (Wildman–Crippen LogP) is 5.56. The van der Waals surface area contributed by atoms with Gasteiger partial charge in [-0.25, -0.2) is 0 Å². The van der Waals surface area contributed by atoms with Gasteiger partial charge in [0.15, 0.2) is 0 Å². The molecule has 0 saturated heterocycles. The number of halogens is 2. The number of thiophene rings is 1. The summed E-state index contributed by atoms with van der Waals surface area (Å²) in [6, 6.07) is 8.62. The van der Waals surface area contributed by atoms with Gasteiger partial charge in [0.2, 0.25) is 0 Å². The molecule has 0 spiro atoms. The average molecular weight is 359 g/mol. The van der Waals surface area contributed by atoms with Crippen molar-refractivity contribution >= 4 is 38.9 Å². The van der Waals surface area contributed by atoms with Crippen LogP contribution in [0.25, 0.3) is 0 Å². The molecule has 0 aliphatic rings. The Hall–Kier alpha value is -0.350. The third kappa shape index (κ3) is 3.60. The van der Waals surface area contributed by atoms with Crippen LogP contribution in [0.3, 0.4) is 0 Å². The van der Waals surface area contributed by atoms with Crippen molar-refractivity contribution < 1.29 is 0 Å². The third-order valence-electron chi connectivity index (χ3n) is 3.02. The summed E-state index contributed by atoms with van der Waals surface area (Å²) in [7, 11) is 0. The lowest BCUT2D eigenvalue weighted by molar-refractivity contribution is 0.605. The molecule has 102 valence electrons. The summed E-state index contributed by atoms with van der Waals surface area (Å²) in [4.78, 5) is 1.19. The SMILES string of the molecule is CCCNC(c1ccc(Br)c(C)c1)c1sccc1Cl. The second-order valence-electron chi connectivity index (χ2n) is 4.53. The normalized spacial score (nSPS) is 12.6. The van der Waals surface area contributed by atoms with E-state index < -0.39 is 0 Å². The maximum atomic E-state index is 6.30. The van der Waals surface area contributed by atoms with E-state index in [9.17, 15) is 0 Å². The van der Waals surface area contributed by atoms with Crippen molar-refractivity contribution in [1.82, 2.24) is 5.32 Å². The van der Waals surface area contributed by atoms with Gasteiger partial charge in [0, 0.05) is 9.35 Å². The first kappa shape index (κ1) is 15.0. The minimum atomic E-state index is 0.180. The summed E-state index contributed by atoms with van der Waals surface area (Å²) in [5.41, 5.74) is 2.51. The first-order chi connectivity index (χ1) is 9.13. The van der Waals surface area contributed by atoms with Crippen molar-refractivity contribution in [1.29, 1.82) is 0 Å². The Kier molecular flexibility index (Phi) is 5.46. The van der Waals surface area contributed by atoms with E-state index in [0.717, 1.165) is 22.5 Å². The molecule has 0 aliphatic heterocycles. The van der Waals surface area contributed by atoms with Gasteiger partial charge in [-0.15, -0.1) is 11.3 Å². The van der Waals surface area contributed by atoms with Crippen molar-refractivity contribution in [3.8, 4) is 0 Å². The molecule has 1 atom stereocenters. The van der Waals surface area contributed by atoms with Crippen molar-refractivity contribution in [2.75, 3.05) is 6.54 Å². The highest BCUT2D eigenvalue weighted by Gasteiger charge is 2.18. The van der Waals surface area contributed by atoms with Crippen LogP contribution in [0.5, 0.6) is 0 Å². The van der Waals surface area contributed by atoms with Gasteiger partial charge in [0.25, 0.3) is 0 Å². The predicted molar refractivity (Wildman–Crippen MR) is 88.3 cm³/mol. The smallest absolute Gasteiger partial charge is 0.0686 e. The Balaban J connectivity index is 2.37. The van der Waals surface area contributed by atoms with E-state index in [1.807, 2.05) is 11.4 Å². The molecular weight excluding hydrogens is 342 g/mol. The van der Waals surface area contributed by atoms with Crippen LogP contribution in [0.15, 0.2) is 34.1 Å². The lowest BCUT2D eigenvalue weighted by Crippen LogP contribution is -2.22. The lowest BCUT2D eigenvalue weighted by Gasteiger charge is -2.19. The second-order valence-corrected chi connectivity index (χ2v) is 6.74. The number of rotatable bonds is 5. The van der Waals surface area contributed by atoms with Crippen LogP contribution in [0.4, 0.5) is 0 Å². The third-order valence-corrected chi connectivity index (χ3v) is 5.33. The Morgan fingerprint density at radius 3 is 2.74 bits per heavy atom. The molecule has 1 unspecified atom stereocenters. The van der Waals surface area contributed by atoms with Crippen molar-refractivity contribution in [2.45, 2.75) is 26.3 Å². The summed E-state index contributed by atoms with van der Waals surface area (Å²) < 4.78 is 1.14. The van der Waals surface area contributed by atoms with Gasteiger partial charge in [-0.3, -0.25) is 0 Å². The zero-order valence-corrected chi connectivity index (χ0v) is 14.2. The molecule has 1 N–H and O–H groups in total. The van der Waals surface area contributed by atoms with Crippen LogP contribution < -0.4 is 5.32 Å². The molecule has 1 heterocycles. The summed E-state index contributed by atoms with van der Waals surface area (Å²) in [6.45, 7) is 5.27. The van der Waals surface area contributed by atoms with Crippen LogP contribution in [0.2, 0.25) is 5.02 Å². The highest BCUT2D eigenvalue weighted by Crippen LogP contribution is 2.34. The van der Waals surface area contributed by atoms with Crippen LogP contribution in [0.1, 0.15) is 35.4 Å². The van der Waals surface area contributed by atoms with Gasteiger partial charge in [-0.1, -0.05) is 46.6 Å². The zero-order chi connectivity index (χ0) is 13.8. The Bertz CT molecular complexity index is 553. The molecular formula is C15H17BrClNS. The molecule has 0 fully saturated rings. The quantitative estimate of drug-likeness (QED) is 0.737. The average Bonchev–Trinajstić information content (AvgIpc) is 2.80. The first-order valence-corrected chi connectivity index (χ1v) is 8.41. The van der Waals surface area contributed by atoms with Crippen LogP contribution in [-0.2, 0) is 0 Å². The van der Waals surface area contributed by atoms with Crippen LogP contribution in [0, 0.1) is 6.92 Å². The summed E-state index contributed by atoms with van der Waals surface area (Å²) in [6.07, 6.45) is 1.11. The number of hydrogen-bond donors (Lipinski definition) is 1. The Labute approximate surface area is 132 Å². The van der Waals surface area contributed by atoms with Crippen LogP contribution >= 0.6 is 38.9 Å². The number of nitrogens with one attached hydrogen (secondary N) is 1. The number of hydrogen-bond acceptors (Lipinski definition) is 2. The van der Waals surface area contributed by atoms with E-state index in [2.05, 4.69) is 53.3 Å². The van der Waals surface area contributed by atoms with Crippen LogP contribution in [-0.4, -0.2) is 6.54 Å². The molecule has 2 aromatic rings. The summed E-state index contributed by atoms with van der Waals surface area (Å²) in [5, 5.41) is 6.48. The molecule has 0 aliphatic carbocycles. The van der Waals surface area contributed by atoms with Gasteiger partial charge in [0.05, 0.1) is 11.1 Å². The Morgan fingerprint density at radius 2 is 2.16 bits per heavy atom. The lowest BCUT2D eigenvalue weighted by atomic mass is 10.0. The summed E-state index contributed by atoms with van der Waals surface area (Å²) in [5.74, 6) is 0. The minimum absolute atomic E-state index is 0.180. The molecule has 4 heteroatoms. The van der Waals surface area contributed by atoms with Crippen molar-refractivity contribution in [2.24, 2.45) is 0 Å². The summed E-state index contributed by atoms with van der Waals surface area (Å²) >= 11 is 11.6. The molecule has 0 bridgehead atoms. The number of aryl methyl sites for hydroxylation is 1. The van der Waals surface area contributed by atoms with Crippen molar-refractivity contribution in [3.05, 3.63) is 55.1 Å². The maximum Gasteiger partial charge on any atom is 0.0686 e. The topological polar surface area (TPSA) is 12.0 Å². The van der Waals surface area contributed by atoms with Gasteiger partial charge >= 0.3 is 0 Å². The fourth-order valence-electron chi connectivity index (χ4n) is 2.01. The minimum Gasteiger partial charge on any atom is -0.306 e. The number of benzene rings is 1. The van der Waals surface area contributed by atoms with Crippen molar-refractivity contribution in [3.63, 3.8) is 0 Å². The van der Waals surface area contributed by atoms with E-state index >= 15 is 0 Å². The van der Waals surface area contributed by atoms with E-state index in [0.29, 0.717) is 0 Å². The molecule has 0 saturated carbocycles. The van der Waals surface area contributed by atoms with Gasteiger partial charge in [0.1, 0.15) is 0 Å². The van der Waals surface area contributed by atoms with Gasteiger partial charge < -0.3 is 5.32 Å². The standard InChI is InChI=1S/C15H17BrClNS/c1-3-7-18-14(15-13(17)6-8-19-15)11-4-5-12(16)10(2)9-11/h4-6,8-9,14,18H,3,7H2,1-2H3. The molecule has 1 aromatic carbocycles. The molecule has 0 radical (unpaired) electrons. The van der Waals surface area contributed by atoms with Gasteiger partial charge in [-0.2, -0.15) is 0 Å². The molecule has 2 rings (SSSR count). The van der Waals surface area contributed by atoms with E-state index in [-0.39, 0.29) is 6.04 Å². The zero-order valence-electron chi connectivity index (χ0n) is 11.0. The molecule has 0 amide bonds. The maximum absolute atomic E-state index is 6.30. The van der Waals surface area contributed by atoms with Gasteiger partial charge in [-0.05, 0) is 48.5 Å². The first-order valence-electron chi connectivity index (χ1n) is 6.35. The monoisotopic (exact) mass is 357 g/mol. The molecule has 1 nitrogen and oxygen atoms in total. The van der Waals surface area contributed by atoms with E-state index in [4.69, 9.17) is 11.6 Å². The highest BCUT2D eigenvalue weighted by atomic mass is 79.9.